The van der Waals surface area contributed by atoms with Gasteiger partial charge in [-0.25, -0.2) is 8.78 Å². The van der Waals surface area contributed by atoms with Gasteiger partial charge in [-0.3, -0.25) is 4.79 Å². The molecule has 0 unspecified atom stereocenters. The number of nitrogens with zero attached hydrogens (tertiary/aromatic N) is 1. The van der Waals surface area contributed by atoms with Crippen molar-refractivity contribution in [3.05, 3.63) is 35.4 Å². The average Bonchev–Trinajstić information content (AvgIpc) is 2.39. The maximum Gasteiger partial charge on any atom is 0.259 e. The van der Waals surface area contributed by atoms with E-state index in [4.69, 9.17) is 5.73 Å². The van der Waals surface area contributed by atoms with Gasteiger partial charge in [-0.05, 0) is 43.9 Å². The van der Waals surface area contributed by atoms with Crippen molar-refractivity contribution in [3.8, 4) is 0 Å². The highest BCUT2D eigenvalue weighted by molar-refractivity contribution is 5.94. The predicted octanol–water partition coefficient (Wildman–Crippen LogP) is 2.17. The van der Waals surface area contributed by atoms with Crippen molar-refractivity contribution in [2.45, 2.75) is 19.3 Å². The topological polar surface area (TPSA) is 46.3 Å². The number of amides is 1. The number of halogens is 2. The van der Waals surface area contributed by atoms with Crippen molar-refractivity contribution in [2.75, 3.05) is 19.6 Å². The molecule has 1 aromatic rings. The SMILES string of the molecule is NCCC1CCN(C(=O)c2c(F)cccc2F)CC1. The summed E-state index contributed by atoms with van der Waals surface area (Å²) in [6, 6.07) is 3.48. The summed E-state index contributed by atoms with van der Waals surface area (Å²) in [6.45, 7) is 1.72. The molecule has 19 heavy (non-hydrogen) atoms. The number of likely N-dealkylation sites (tertiary alicyclic amines) is 1. The van der Waals surface area contributed by atoms with E-state index < -0.39 is 23.1 Å². The fraction of sp³-hybridized carbons (Fsp3) is 0.500. The molecule has 3 nitrogen and oxygen atoms in total. The summed E-state index contributed by atoms with van der Waals surface area (Å²) in [5.74, 6) is -1.63. The van der Waals surface area contributed by atoms with Crippen molar-refractivity contribution in [1.82, 2.24) is 4.90 Å². The smallest absolute Gasteiger partial charge is 0.259 e. The van der Waals surface area contributed by atoms with Crippen LogP contribution < -0.4 is 5.73 Å². The molecule has 1 aliphatic heterocycles. The molecule has 0 aliphatic carbocycles. The molecule has 1 heterocycles. The summed E-state index contributed by atoms with van der Waals surface area (Å²) < 4.78 is 27.1. The highest BCUT2D eigenvalue weighted by Gasteiger charge is 2.26. The lowest BCUT2D eigenvalue weighted by Gasteiger charge is -2.32. The number of piperidine rings is 1. The summed E-state index contributed by atoms with van der Waals surface area (Å²) in [6.07, 6.45) is 2.63. The second kappa shape index (κ2) is 6.10. The molecule has 0 atom stereocenters. The maximum atomic E-state index is 13.5. The molecule has 5 heteroatoms. The normalized spacial score (nSPS) is 16.7. The zero-order valence-corrected chi connectivity index (χ0v) is 10.7. The Labute approximate surface area is 111 Å². The Morgan fingerprint density at radius 2 is 1.84 bits per heavy atom. The first-order valence-corrected chi connectivity index (χ1v) is 6.57. The van der Waals surface area contributed by atoms with Crippen LogP contribution in [-0.4, -0.2) is 30.4 Å². The molecular weight excluding hydrogens is 250 g/mol. The van der Waals surface area contributed by atoms with Crippen LogP contribution in [0.4, 0.5) is 8.78 Å². The van der Waals surface area contributed by atoms with Gasteiger partial charge in [0.2, 0.25) is 0 Å². The number of carbonyl (C=O) groups is 1. The van der Waals surface area contributed by atoms with Gasteiger partial charge in [-0.2, -0.15) is 0 Å². The van der Waals surface area contributed by atoms with Gasteiger partial charge in [0.15, 0.2) is 0 Å². The van der Waals surface area contributed by atoms with Gasteiger partial charge in [-0.1, -0.05) is 6.07 Å². The third-order valence-electron chi connectivity index (χ3n) is 3.65. The minimum absolute atomic E-state index is 0.445. The van der Waals surface area contributed by atoms with Gasteiger partial charge in [0, 0.05) is 13.1 Å². The Morgan fingerprint density at radius 1 is 1.26 bits per heavy atom. The molecule has 1 aromatic carbocycles. The van der Waals surface area contributed by atoms with Gasteiger partial charge in [-0.15, -0.1) is 0 Å². The minimum atomic E-state index is -0.797. The van der Waals surface area contributed by atoms with Gasteiger partial charge >= 0.3 is 0 Å². The van der Waals surface area contributed by atoms with E-state index in [0.717, 1.165) is 31.4 Å². The van der Waals surface area contributed by atoms with E-state index in [2.05, 4.69) is 0 Å². The standard InChI is InChI=1S/C14H18F2N2O/c15-11-2-1-3-12(16)13(11)14(19)18-8-5-10(4-7-17)6-9-18/h1-3,10H,4-9,17H2. The Hall–Kier alpha value is -1.49. The summed E-state index contributed by atoms with van der Waals surface area (Å²) in [7, 11) is 0. The summed E-state index contributed by atoms with van der Waals surface area (Å²) in [5.41, 5.74) is 5.06. The van der Waals surface area contributed by atoms with E-state index in [-0.39, 0.29) is 0 Å². The van der Waals surface area contributed by atoms with Crippen molar-refractivity contribution < 1.29 is 13.6 Å². The Kier molecular flexibility index (Phi) is 4.47. The molecule has 2 rings (SSSR count). The van der Waals surface area contributed by atoms with E-state index in [9.17, 15) is 13.6 Å². The first-order chi connectivity index (χ1) is 9.13. The summed E-state index contributed by atoms with van der Waals surface area (Å²) >= 11 is 0. The number of benzene rings is 1. The molecule has 1 saturated heterocycles. The highest BCUT2D eigenvalue weighted by atomic mass is 19.1. The van der Waals surface area contributed by atoms with Crippen molar-refractivity contribution in [3.63, 3.8) is 0 Å². The van der Waals surface area contributed by atoms with E-state index >= 15 is 0 Å². The van der Waals surface area contributed by atoms with Crippen molar-refractivity contribution >= 4 is 5.91 Å². The largest absolute Gasteiger partial charge is 0.338 e. The van der Waals surface area contributed by atoms with Crippen LogP contribution in [0.5, 0.6) is 0 Å². The first kappa shape index (κ1) is 13.9. The summed E-state index contributed by atoms with van der Waals surface area (Å²) in [4.78, 5) is 13.6. The van der Waals surface area contributed by atoms with Gasteiger partial charge < -0.3 is 10.6 Å². The molecule has 0 aromatic heterocycles. The molecule has 0 saturated carbocycles. The van der Waals surface area contributed by atoms with Crippen LogP contribution in [0.1, 0.15) is 29.6 Å². The van der Waals surface area contributed by atoms with E-state index in [1.165, 1.54) is 11.0 Å². The van der Waals surface area contributed by atoms with Crippen LogP contribution in [-0.2, 0) is 0 Å². The fourth-order valence-electron chi connectivity index (χ4n) is 2.52. The second-order valence-electron chi connectivity index (χ2n) is 4.91. The first-order valence-electron chi connectivity index (χ1n) is 6.57. The molecule has 2 N–H and O–H groups in total. The number of nitrogens with two attached hydrogens (primary N) is 1. The Balaban J connectivity index is 2.05. The monoisotopic (exact) mass is 268 g/mol. The van der Waals surface area contributed by atoms with Crippen LogP contribution in [0.25, 0.3) is 0 Å². The van der Waals surface area contributed by atoms with Gasteiger partial charge in [0.25, 0.3) is 5.91 Å². The molecule has 0 bridgehead atoms. The lowest BCUT2D eigenvalue weighted by Crippen LogP contribution is -2.39. The Bertz CT molecular complexity index is 437. The number of carbonyl (C=O) groups excluding carboxylic acids is 1. The van der Waals surface area contributed by atoms with Crippen LogP contribution in [0, 0.1) is 17.6 Å². The van der Waals surface area contributed by atoms with Crippen LogP contribution in [0.2, 0.25) is 0 Å². The van der Waals surface area contributed by atoms with Gasteiger partial charge in [0.05, 0.1) is 0 Å². The Morgan fingerprint density at radius 3 is 2.37 bits per heavy atom. The quantitative estimate of drug-likeness (QED) is 0.913. The molecular formula is C14H18F2N2O. The fourth-order valence-corrected chi connectivity index (χ4v) is 2.52. The number of hydrogen-bond acceptors (Lipinski definition) is 2. The van der Waals surface area contributed by atoms with E-state index in [1.54, 1.807) is 0 Å². The number of hydrogen-bond donors (Lipinski definition) is 1. The molecule has 1 aliphatic rings. The van der Waals surface area contributed by atoms with Crippen molar-refractivity contribution in [1.29, 1.82) is 0 Å². The van der Waals surface area contributed by atoms with E-state index in [0.29, 0.717) is 25.6 Å². The highest BCUT2D eigenvalue weighted by Crippen LogP contribution is 2.22. The van der Waals surface area contributed by atoms with Crippen molar-refractivity contribution in [2.24, 2.45) is 11.7 Å². The lowest BCUT2D eigenvalue weighted by atomic mass is 9.93. The molecule has 0 radical (unpaired) electrons. The third-order valence-corrected chi connectivity index (χ3v) is 3.65. The number of rotatable bonds is 3. The zero-order chi connectivity index (χ0) is 13.8. The van der Waals surface area contributed by atoms with E-state index in [1.807, 2.05) is 0 Å². The van der Waals surface area contributed by atoms with Gasteiger partial charge in [0.1, 0.15) is 17.2 Å². The average molecular weight is 268 g/mol. The van der Waals surface area contributed by atoms with Crippen LogP contribution >= 0.6 is 0 Å². The zero-order valence-electron chi connectivity index (χ0n) is 10.7. The van der Waals surface area contributed by atoms with Crippen LogP contribution in [0.15, 0.2) is 18.2 Å². The second-order valence-corrected chi connectivity index (χ2v) is 4.91. The lowest BCUT2D eigenvalue weighted by molar-refractivity contribution is 0.0678. The minimum Gasteiger partial charge on any atom is -0.338 e. The third kappa shape index (κ3) is 3.10. The molecule has 1 fully saturated rings. The van der Waals surface area contributed by atoms with Crippen LogP contribution in [0.3, 0.4) is 0 Å². The summed E-state index contributed by atoms with van der Waals surface area (Å²) in [5, 5.41) is 0. The maximum absolute atomic E-state index is 13.5. The predicted molar refractivity (Wildman–Crippen MR) is 68.7 cm³/mol. The molecule has 104 valence electrons. The molecule has 1 amide bonds. The molecule has 0 spiro atoms.